The Labute approximate surface area is 91.3 Å². The molecule has 0 aromatic carbocycles. The normalized spacial score (nSPS) is 34.3. The van der Waals surface area contributed by atoms with E-state index in [0.717, 1.165) is 31.6 Å². The fraction of sp³-hybridized carbons (Fsp3) is 0.750. The molecule has 3 nitrogen and oxygen atoms in total. The molecule has 2 aliphatic rings. The summed E-state index contributed by atoms with van der Waals surface area (Å²) in [6, 6.07) is 0.660. The van der Waals surface area contributed by atoms with Gasteiger partial charge in [0.1, 0.15) is 0 Å². The zero-order valence-electron chi connectivity index (χ0n) is 9.33. The molecule has 0 spiro atoms. The summed E-state index contributed by atoms with van der Waals surface area (Å²) in [5, 5.41) is 6.01. The average molecular weight is 208 g/mol. The lowest BCUT2D eigenvalue weighted by molar-refractivity contribution is 0.208. The van der Waals surface area contributed by atoms with E-state index in [2.05, 4.69) is 29.7 Å². The predicted molar refractivity (Wildman–Crippen MR) is 60.6 cm³/mol. The molecule has 0 bridgehead atoms. The summed E-state index contributed by atoms with van der Waals surface area (Å²) in [5.74, 6) is 0.782. The van der Waals surface area contributed by atoms with E-state index < -0.39 is 0 Å². The first-order valence-corrected chi connectivity index (χ1v) is 5.97. The van der Waals surface area contributed by atoms with Gasteiger partial charge in [-0.3, -0.25) is 0 Å². The van der Waals surface area contributed by atoms with Gasteiger partial charge in [-0.2, -0.15) is 0 Å². The molecule has 1 unspecified atom stereocenters. The van der Waals surface area contributed by atoms with E-state index >= 15 is 0 Å². The van der Waals surface area contributed by atoms with E-state index in [4.69, 9.17) is 0 Å². The Morgan fingerprint density at radius 3 is 2.73 bits per heavy atom. The fourth-order valence-electron chi connectivity index (χ4n) is 2.35. The Morgan fingerprint density at radius 2 is 2.13 bits per heavy atom. The molecule has 84 valence electrons. The first kappa shape index (κ1) is 10.5. The van der Waals surface area contributed by atoms with Crippen LogP contribution in [0.4, 0.5) is 4.79 Å². The molecule has 2 rings (SSSR count). The highest BCUT2D eigenvalue weighted by Crippen LogP contribution is 2.26. The summed E-state index contributed by atoms with van der Waals surface area (Å²) in [7, 11) is 0. The van der Waals surface area contributed by atoms with Gasteiger partial charge in [-0.15, -0.1) is 0 Å². The summed E-state index contributed by atoms with van der Waals surface area (Å²) in [5.41, 5.74) is 0. The van der Waals surface area contributed by atoms with Crippen molar-refractivity contribution in [3.05, 3.63) is 12.2 Å². The molecule has 2 N–H and O–H groups in total. The lowest BCUT2D eigenvalue weighted by Gasteiger charge is -2.33. The molecule has 2 amide bonds. The minimum atomic E-state index is 0.00319. The lowest BCUT2D eigenvalue weighted by atomic mass is 9.82. The maximum atomic E-state index is 11.6. The highest BCUT2D eigenvalue weighted by molar-refractivity contribution is 5.75. The SMILES string of the molecule is CC1CC(NC(=O)NC2C=CCCC2)C1. The molecular weight excluding hydrogens is 188 g/mol. The smallest absolute Gasteiger partial charge is 0.315 e. The number of nitrogens with one attached hydrogen (secondary N) is 2. The number of amides is 2. The minimum Gasteiger partial charge on any atom is -0.335 e. The van der Waals surface area contributed by atoms with Crippen LogP contribution in [0.2, 0.25) is 0 Å². The monoisotopic (exact) mass is 208 g/mol. The number of allylic oxidation sites excluding steroid dienone is 1. The predicted octanol–water partition coefficient (Wildman–Crippen LogP) is 2.19. The Morgan fingerprint density at radius 1 is 1.33 bits per heavy atom. The number of hydrogen-bond acceptors (Lipinski definition) is 1. The third kappa shape index (κ3) is 2.98. The Bertz CT molecular complexity index is 256. The number of carbonyl (C=O) groups is 1. The third-order valence-corrected chi connectivity index (χ3v) is 3.28. The van der Waals surface area contributed by atoms with Crippen LogP contribution in [0.15, 0.2) is 12.2 Å². The second kappa shape index (κ2) is 4.69. The lowest BCUT2D eigenvalue weighted by Crippen LogP contribution is -2.50. The van der Waals surface area contributed by atoms with Crippen LogP contribution in [-0.2, 0) is 0 Å². The van der Waals surface area contributed by atoms with E-state index in [1.807, 2.05) is 0 Å². The molecule has 3 heteroatoms. The first-order chi connectivity index (χ1) is 7.24. The van der Waals surface area contributed by atoms with Gasteiger partial charge in [-0.05, 0) is 38.0 Å². The van der Waals surface area contributed by atoms with Gasteiger partial charge in [-0.1, -0.05) is 19.1 Å². The van der Waals surface area contributed by atoms with Gasteiger partial charge in [-0.25, -0.2) is 4.79 Å². The molecule has 2 aliphatic carbocycles. The second-order valence-electron chi connectivity index (χ2n) is 4.86. The van der Waals surface area contributed by atoms with Crippen LogP contribution in [0.1, 0.15) is 39.0 Å². The molecule has 0 aromatic heterocycles. The standard InChI is InChI=1S/C12H20N2O/c1-9-7-11(8-9)14-12(15)13-10-5-3-2-4-6-10/h3,5,9-11H,2,4,6-8H2,1H3,(H2,13,14,15). The van der Waals surface area contributed by atoms with Crippen LogP contribution in [0.3, 0.4) is 0 Å². The Balaban J connectivity index is 1.68. The van der Waals surface area contributed by atoms with Gasteiger partial charge in [0.2, 0.25) is 0 Å². The van der Waals surface area contributed by atoms with Crippen molar-refractivity contribution in [3.63, 3.8) is 0 Å². The van der Waals surface area contributed by atoms with E-state index in [-0.39, 0.29) is 12.1 Å². The van der Waals surface area contributed by atoms with Gasteiger partial charge >= 0.3 is 6.03 Å². The van der Waals surface area contributed by atoms with Crippen LogP contribution in [0.25, 0.3) is 0 Å². The average Bonchev–Trinajstić information content (AvgIpc) is 2.17. The molecule has 15 heavy (non-hydrogen) atoms. The topological polar surface area (TPSA) is 41.1 Å². The van der Waals surface area contributed by atoms with Crippen molar-refractivity contribution in [1.82, 2.24) is 10.6 Å². The molecule has 0 aliphatic heterocycles. The fourth-order valence-corrected chi connectivity index (χ4v) is 2.35. The van der Waals surface area contributed by atoms with Gasteiger partial charge < -0.3 is 10.6 Å². The van der Waals surface area contributed by atoms with E-state index in [1.54, 1.807) is 0 Å². The number of hydrogen-bond donors (Lipinski definition) is 2. The van der Waals surface area contributed by atoms with E-state index in [0.29, 0.717) is 6.04 Å². The summed E-state index contributed by atoms with van der Waals surface area (Å²) < 4.78 is 0. The molecule has 0 radical (unpaired) electrons. The van der Waals surface area contributed by atoms with Gasteiger partial charge in [0.15, 0.2) is 0 Å². The van der Waals surface area contributed by atoms with Crippen LogP contribution < -0.4 is 10.6 Å². The van der Waals surface area contributed by atoms with Crippen LogP contribution in [-0.4, -0.2) is 18.1 Å². The molecule has 0 heterocycles. The minimum absolute atomic E-state index is 0.00319. The highest BCUT2D eigenvalue weighted by Gasteiger charge is 2.26. The number of urea groups is 1. The summed E-state index contributed by atoms with van der Waals surface area (Å²) in [6.07, 6.45) is 9.93. The second-order valence-corrected chi connectivity index (χ2v) is 4.86. The quantitative estimate of drug-likeness (QED) is 0.671. The van der Waals surface area contributed by atoms with Crippen molar-refractivity contribution in [2.75, 3.05) is 0 Å². The maximum absolute atomic E-state index is 11.6. The van der Waals surface area contributed by atoms with Crippen molar-refractivity contribution in [2.24, 2.45) is 5.92 Å². The number of carbonyl (C=O) groups excluding carboxylic acids is 1. The Hall–Kier alpha value is -0.990. The van der Waals surface area contributed by atoms with Crippen LogP contribution in [0, 0.1) is 5.92 Å². The van der Waals surface area contributed by atoms with Gasteiger partial charge in [0, 0.05) is 12.1 Å². The molecule has 1 fully saturated rings. The van der Waals surface area contributed by atoms with E-state index in [1.165, 1.54) is 6.42 Å². The molecular formula is C12H20N2O. The summed E-state index contributed by atoms with van der Waals surface area (Å²) >= 11 is 0. The molecule has 1 atom stereocenters. The molecule has 0 aromatic rings. The summed E-state index contributed by atoms with van der Waals surface area (Å²) in [6.45, 7) is 2.22. The summed E-state index contributed by atoms with van der Waals surface area (Å²) in [4.78, 5) is 11.6. The zero-order chi connectivity index (χ0) is 10.7. The van der Waals surface area contributed by atoms with Crippen molar-refractivity contribution >= 4 is 6.03 Å². The van der Waals surface area contributed by atoms with Crippen LogP contribution in [0.5, 0.6) is 0 Å². The van der Waals surface area contributed by atoms with Crippen LogP contribution >= 0.6 is 0 Å². The van der Waals surface area contributed by atoms with Crippen molar-refractivity contribution in [1.29, 1.82) is 0 Å². The Kier molecular flexibility index (Phi) is 3.29. The highest BCUT2D eigenvalue weighted by atomic mass is 16.2. The number of rotatable bonds is 2. The van der Waals surface area contributed by atoms with Crippen molar-refractivity contribution in [2.45, 2.75) is 51.1 Å². The van der Waals surface area contributed by atoms with Crippen molar-refractivity contribution in [3.8, 4) is 0 Å². The van der Waals surface area contributed by atoms with E-state index in [9.17, 15) is 4.79 Å². The first-order valence-electron chi connectivity index (χ1n) is 5.97. The van der Waals surface area contributed by atoms with Crippen molar-refractivity contribution < 1.29 is 4.79 Å². The largest absolute Gasteiger partial charge is 0.335 e. The van der Waals surface area contributed by atoms with Gasteiger partial charge in [0.05, 0.1) is 0 Å². The third-order valence-electron chi connectivity index (χ3n) is 3.28. The molecule has 0 saturated heterocycles. The van der Waals surface area contributed by atoms with Gasteiger partial charge in [0.25, 0.3) is 0 Å². The maximum Gasteiger partial charge on any atom is 0.315 e. The zero-order valence-corrected chi connectivity index (χ0v) is 9.33. The molecule has 1 saturated carbocycles.